The molecule has 0 aliphatic carbocycles. The molecule has 0 radical (unpaired) electrons. The zero-order chi connectivity index (χ0) is 13.7. The molecule has 0 aliphatic rings. The zero-order valence-electron chi connectivity index (χ0n) is 9.84. The quantitative estimate of drug-likeness (QED) is 0.796. The average molecular weight is 261 g/mol. The van der Waals surface area contributed by atoms with Gasteiger partial charge in [0.1, 0.15) is 0 Å². The number of carbonyl (C=O) groups is 1. The fourth-order valence-corrected chi connectivity index (χ4v) is 1.44. The fraction of sp³-hybridized carbons (Fsp3) is 0.417. The summed E-state index contributed by atoms with van der Waals surface area (Å²) in [5, 5.41) is 11.6. The van der Waals surface area contributed by atoms with Crippen LogP contribution in [0.3, 0.4) is 0 Å². The van der Waals surface area contributed by atoms with Crippen molar-refractivity contribution < 1.29 is 23.1 Å². The summed E-state index contributed by atoms with van der Waals surface area (Å²) in [6.45, 7) is 1.80. The first-order valence-corrected chi connectivity index (χ1v) is 5.57. The van der Waals surface area contributed by atoms with E-state index in [0.29, 0.717) is 12.5 Å². The summed E-state index contributed by atoms with van der Waals surface area (Å²) in [6.07, 6.45) is 0.476. The molecule has 1 rings (SSSR count). The first kappa shape index (κ1) is 14.5. The van der Waals surface area contributed by atoms with Crippen LogP contribution in [0.2, 0.25) is 0 Å². The van der Waals surface area contributed by atoms with Crippen LogP contribution in [-0.2, 0) is 0 Å². The number of nitrogens with one attached hydrogen (secondary N) is 1. The number of amides is 1. The molecule has 0 heterocycles. The first-order chi connectivity index (χ1) is 8.47. The van der Waals surface area contributed by atoms with Crippen molar-refractivity contribution in [3.63, 3.8) is 0 Å². The molecule has 6 heteroatoms. The normalized spacial score (nSPS) is 12.3. The van der Waals surface area contributed by atoms with Crippen LogP contribution in [0.4, 0.5) is 13.2 Å². The van der Waals surface area contributed by atoms with E-state index in [4.69, 9.17) is 0 Å². The van der Waals surface area contributed by atoms with Gasteiger partial charge in [-0.1, -0.05) is 13.3 Å². The molecular formula is C12H14F3NO2. The molecule has 0 fully saturated rings. The lowest BCUT2D eigenvalue weighted by Gasteiger charge is -2.11. The van der Waals surface area contributed by atoms with Crippen molar-refractivity contribution in [2.75, 3.05) is 6.54 Å². The van der Waals surface area contributed by atoms with Gasteiger partial charge >= 0.3 is 0 Å². The Morgan fingerprint density at radius 2 is 2.00 bits per heavy atom. The Bertz CT molecular complexity index is 438. The van der Waals surface area contributed by atoms with Crippen LogP contribution in [0, 0.1) is 17.5 Å². The van der Waals surface area contributed by atoms with Gasteiger partial charge in [0, 0.05) is 6.54 Å². The molecule has 100 valence electrons. The van der Waals surface area contributed by atoms with Crippen molar-refractivity contribution in [1.29, 1.82) is 0 Å². The van der Waals surface area contributed by atoms with E-state index >= 15 is 0 Å². The molecule has 1 unspecified atom stereocenters. The summed E-state index contributed by atoms with van der Waals surface area (Å²) < 4.78 is 38.8. The van der Waals surface area contributed by atoms with Crippen LogP contribution in [0.15, 0.2) is 12.1 Å². The Morgan fingerprint density at radius 1 is 1.33 bits per heavy atom. The maximum Gasteiger partial charge on any atom is 0.254 e. The molecule has 18 heavy (non-hydrogen) atoms. The molecule has 0 aliphatic heterocycles. The van der Waals surface area contributed by atoms with Gasteiger partial charge in [-0.2, -0.15) is 0 Å². The third-order valence-electron chi connectivity index (χ3n) is 2.40. The Labute approximate surface area is 103 Å². The van der Waals surface area contributed by atoms with Gasteiger partial charge in [-0.25, -0.2) is 13.2 Å². The number of aliphatic hydroxyl groups is 1. The number of halogens is 3. The van der Waals surface area contributed by atoms with Crippen molar-refractivity contribution in [3.8, 4) is 0 Å². The van der Waals surface area contributed by atoms with Gasteiger partial charge in [0.15, 0.2) is 17.5 Å². The second kappa shape index (κ2) is 6.39. The van der Waals surface area contributed by atoms with E-state index in [0.717, 1.165) is 12.5 Å². The van der Waals surface area contributed by atoms with Gasteiger partial charge in [0.25, 0.3) is 5.91 Å². The van der Waals surface area contributed by atoms with Gasteiger partial charge in [-0.3, -0.25) is 4.79 Å². The lowest BCUT2D eigenvalue weighted by molar-refractivity contribution is 0.0905. The number of aliphatic hydroxyl groups excluding tert-OH is 1. The van der Waals surface area contributed by atoms with E-state index in [2.05, 4.69) is 5.32 Å². The monoisotopic (exact) mass is 261 g/mol. The molecule has 1 atom stereocenters. The summed E-state index contributed by atoms with van der Waals surface area (Å²) in [6, 6.07) is 1.53. The molecule has 1 aromatic rings. The smallest absolute Gasteiger partial charge is 0.254 e. The van der Waals surface area contributed by atoms with Crippen molar-refractivity contribution in [3.05, 3.63) is 35.1 Å². The predicted molar refractivity (Wildman–Crippen MR) is 59.6 cm³/mol. The molecule has 0 saturated carbocycles. The summed E-state index contributed by atoms with van der Waals surface area (Å²) in [7, 11) is 0. The largest absolute Gasteiger partial charge is 0.391 e. The molecule has 1 aromatic carbocycles. The van der Waals surface area contributed by atoms with Crippen LogP contribution >= 0.6 is 0 Å². The van der Waals surface area contributed by atoms with E-state index in [9.17, 15) is 23.1 Å². The number of hydrogen-bond acceptors (Lipinski definition) is 2. The van der Waals surface area contributed by atoms with Crippen LogP contribution < -0.4 is 5.32 Å². The molecule has 0 aromatic heterocycles. The van der Waals surface area contributed by atoms with E-state index < -0.39 is 35.0 Å². The van der Waals surface area contributed by atoms with E-state index in [1.807, 2.05) is 6.92 Å². The maximum absolute atomic E-state index is 13.2. The lowest BCUT2D eigenvalue weighted by Crippen LogP contribution is -2.32. The Balaban J connectivity index is 2.71. The molecule has 2 N–H and O–H groups in total. The SMILES string of the molecule is CCCC(O)CNC(=O)c1ccc(F)c(F)c1F. The van der Waals surface area contributed by atoms with Crippen LogP contribution in [0.25, 0.3) is 0 Å². The Morgan fingerprint density at radius 3 is 2.61 bits per heavy atom. The summed E-state index contributed by atoms with van der Waals surface area (Å²) in [5.41, 5.74) is -0.586. The summed E-state index contributed by atoms with van der Waals surface area (Å²) >= 11 is 0. The van der Waals surface area contributed by atoms with Gasteiger partial charge in [0.2, 0.25) is 0 Å². The van der Waals surface area contributed by atoms with Gasteiger partial charge < -0.3 is 10.4 Å². The molecule has 3 nitrogen and oxygen atoms in total. The summed E-state index contributed by atoms with van der Waals surface area (Å²) in [5.74, 6) is -5.45. The van der Waals surface area contributed by atoms with E-state index in [-0.39, 0.29) is 6.54 Å². The number of benzene rings is 1. The van der Waals surface area contributed by atoms with Gasteiger partial charge in [-0.15, -0.1) is 0 Å². The first-order valence-electron chi connectivity index (χ1n) is 5.57. The van der Waals surface area contributed by atoms with Gasteiger partial charge in [0.05, 0.1) is 11.7 Å². The minimum atomic E-state index is -1.68. The van der Waals surface area contributed by atoms with Crippen molar-refractivity contribution >= 4 is 5.91 Å². The molecule has 0 spiro atoms. The third kappa shape index (κ3) is 3.46. The minimum Gasteiger partial charge on any atom is -0.391 e. The topological polar surface area (TPSA) is 49.3 Å². The van der Waals surface area contributed by atoms with E-state index in [1.165, 1.54) is 0 Å². The molecule has 1 amide bonds. The third-order valence-corrected chi connectivity index (χ3v) is 2.40. The molecule has 0 saturated heterocycles. The Hall–Kier alpha value is -1.56. The zero-order valence-corrected chi connectivity index (χ0v) is 9.84. The van der Waals surface area contributed by atoms with Crippen LogP contribution in [0.5, 0.6) is 0 Å². The van der Waals surface area contributed by atoms with Crippen molar-refractivity contribution in [2.45, 2.75) is 25.9 Å². The molecule has 0 bridgehead atoms. The second-order valence-corrected chi connectivity index (χ2v) is 3.88. The highest BCUT2D eigenvalue weighted by atomic mass is 19.2. The highest BCUT2D eigenvalue weighted by molar-refractivity contribution is 5.94. The average Bonchev–Trinajstić information content (AvgIpc) is 2.34. The second-order valence-electron chi connectivity index (χ2n) is 3.88. The number of rotatable bonds is 5. The highest BCUT2D eigenvalue weighted by Gasteiger charge is 2.18. The Kier molecular flexibility index (Phi) is 5.15. The molecular weight excluding hydrogens is 247 g/mol. The predicted octanol–water partition coefficient (Wildman–Crippen LogP) is 1.99. The minimum absolute atomic E-state index is 0.0644. The van der Waals surface area contributed by atoms with Crippen molar-refractivity contribution in [1.82, 2.24) is 5.32 Å². The summed E-state index contributed by atoms with van der Waals surface area (Å²) in [4.78, 5) is 11.5. The van der Waals surface area contributed by atoms with Crippen LogP contribution in [-0.4, -0.2) is 23.7 Å². The standard InChI is InChI=1S/C12H14F3NO2/c1-2-3-7(17)6-16-12(18)8-4-5-9(13)11(15)10(8)14/h4-5,7,17H,2-3,6H2,1H3,(H,16,18). The number of carbonyl (C=O) groups excluding carboxylic acids is 1. The van der Waals surface area contributed by atoms with Crippen molar-refractivity contribution in [2.24, 2.45) is 0 Å². The van der Waals surface area contributed by atoms with Crippen LogP contribution in [0.1, 0.15) is 30.1 Å². The maximum atomic E-state index is 13.2. The lowest BCUT2D eigenvalue weighted by atomic mass is 10.1. The highest BCUT2D eigenvalue weighted by Crippen LogP contribution is 2.14. The fourth-order valence-electron chi connectivity index (χ4n) is 1.44. The van der Waals surface area contributed by atoms with Gasteiger partial charge in [-0.05, 0) is 18.6 Å². The number of hydrogen-bond donors (Lipinski definition) is 2. The van der Waals surface area contributed by atoms with E-state index in [1.54, 1.807) is 0 Å².